The molecule has 0 aliphatic heterocycles. The van der Waals surface area contributed by atoms with Crippen LogP contribution in [0.2, 0.25) is 0 Å². The Morgan fingerprint density at radius 2 is 1.87 bits per heavy atom. The van der Waals surface area contributed by atoms with E-state index in [-0.39, 0.29) is 22.7 Å². The smallest absolute Gasteiger partial charge is 0.248 e. The molecule has 0 unspecified atom stereocenters. The van der Waals surface area contributed by atoms with Crippen molar-refractivity contribution in [1.82, 2.24) is 24.3 Å². The number of sulfone groups is 1. The average molecular weight is 551 g/mol. The van der Waals surface area contributed by atoms with Crippen LogP contribution >= 0.6 is 0 Å². The van der Waals surface area contributed by atoms with Gasteiger partial charge in [-0.15, -0.1) is 0 Å². The molecule has 0 aliphatic carbocycles. The lowest BCUT2D eigenvalue weighted by molar-refractivity contribution is -0.136. The Bertz CT molecular complexity index is 1550. The third-order valence-electron chi connectivity index (χ3n) is 6.82. The molecule has 0 aromatic carbocycles. The fourth-order valence-electron chi connectivity index (χ4n) is 4.94. The molecular formula is C28H34N6O4S. The molecule has 0 fully saturated rings. The van der Waals surface area contributed by atoms with Crippen molar-refractivity contribution in [3.05, 3.63) is 60.8 Å². The van der Waals surface area contributed by atoms with Crippen LogP contribution in [0, 0.1) is 0 Å². The number of pyridine rings is 2. The molecule has 4 rings (SSSR count). The minimum atomic E-state index is -3.70. The van der Waals surface area contributed by atoms with E-state index in [0.29, 0.717) is 37.1 Å². The number of anilines is 1. The molecule has 0 saturated carbocycles. The first-order valence-corrected chi connectivity index (χ1v) is 14.8. The quantitative estimate of drug-likeness (QED) is 0.289. The molecule has 4 aromatic rings. The van der Waals surface area contributed by atoms with Crippen molar-refractivity contribution in [2.45, 2.75) is 50.5 Å². The number of nitrogen functional groups attached to an aromatic ring is 1. The summed E-state index contributed by atoms with van der Waals surface area (Å²) in [5.74, 6) is -0.249. The second kappa shape index (κ2) is 11.9. The Balaban J connectivity index is 1.74. The van der Waals surface area contributed by atoms with Gasteiger partial charge in [-0.25, -0.2) is 13.4 Å². The first-order chi connectivity index (χ1) is 18.7. The summed E-state index contributed by atoms with van der Waals surface area (Å²) < 4.78 is 27.2. The Morgan fingerprint density at radius 1 is 1.13 bits per heavy atom. The molecule has 4 heterocycles. The van der Waals surface area contributed by atoms with Gasteiger partial charge in [-0.3, -0.25) is 19.2 Å². The minimum Gasteiger partial charge on any atom is -0.387 e. The lowest BCUT2D eigenvalue weighted by Gasteiger charge is -2.30. The van der Waals surface area contributed by atoms with Crippen molar-refractivity contribution in [2.24, 2.45) is 0 Å². The summed E-state index contributed by atoms with van der Waals surface area (Å²) in [5.41, 5.74) is 10.7. The number of aliphatic hydroxyl groups is 1. The molecule has 0 radical (unpaired) electrons. The van der Waals surface area contributed by atoms with E-state index in [4.69, 9.17) is 10.7 Å². The second-order valence-electron chi connectivity index (χ2n) is 9.48. The molecule has 0 bridgehead atoms. The number of hydrogen-bond acceptors (Lipinski definition) is 8. The number of aryl methyl sites for hydroxylation is 1. The third-order valence-corrected chi connectivity index (χ3v) is 8.01. The van der Waals surface area contributed by atoms with Crippen LogP contribution in [-0.2, 0) is 21.1 Å². The van der Waals surface area contributed by atoms with Crippen LogP contribution in [0.15, 0.2) is 60.0 Å². The molecule has 10 nitrogen and oxygen atoms in total. The van der Waals surface area contributed by atoms with E-state index >= 15 is 0 Å². The molecule has 0 spiro atoms. The number of aliphatic hydroxyl groups excluding tert-OH is 1. The van der Waals surface area contributed by atoms with Gasteiger partial charge >= 0.3 is 0 Å². The Hall–Kier alpha value is -3.83. The van der Waals surface area contributed by atoms with Crippen LogP contribution in [0.3, 0.4) is 0 Å². The maximum absolute atomic E-state index is 12.8. The van der Waals surface area contributed by atoms with Gasteiger partial charge in [0, 0.05) is 60.3 Å². The summed E-state index contributed by atoms with van der Waals surface area (Å²) in [4.78, 5) is 27.5. The van der Waals surface area contributed by atoms with Crippen molar-refractivity contribution >= 4 is 27.2 Å². The molecule has 1 amide bonds. The van der Waals surface area contributed by atoms with Gasteiger partial charge in [-0.2, -0.15) is 0 Å². The molecule has 0 aliphatic rings. The maximum Gasteiger partial charge on any atom is 0.248 e. The van der Waals surface area contributed by atoms with E-state index < -0.39 is 16.4 Å². The van der Waals surface area contributed by atoms with Gasteiger partial charge in [0.2, 0.25) is 5.91 Å². The fourth-order valence-corrected chi connectivity index (χ4v) is 5.99. The number of carbonyl (C=O) groups excluding carboxylic acids is 1. The standard InChI is InChI=1S/C28H34N6O4S/c1-4-15-33(25(36)18-35)21(5-2)7-9-24-26(39(3,37)38)27(29)34-16-12-22(28(34)32-24)20-6-8-23(31-17-20)19-10-13-30-14-11-19/h6,8,10-14,16-17,21,35H,4-5,7,9,15,18,29H2,1-3H3/t21-/m1/s1. The van der Waals surface area contributed by atoms with Crippen molar-refractivity contribution < 1.29 is 18.3 Å². The van der Waals surface area contributed by atoms with Gasteiger partial charge in [0.15, 0.2) is 9.84 Å². The van der Waals surface area contributed by atoms with Gasteiger partial charge in [-0.1, -0.05) is 19.9 Å². The number of rotatable bonds is 11. The molecule has 39 heavy (non-hydrogen) atoms. The van der Waals surface area contributed by atoms with Gasteiger partial charge in [0.1, 0.15) is 23.0 Å². The second-order valence-corrected chi connectivity index (χ2v) is 11.4. The number of hydrogen-bond donors (Lipinski definition) is 2. The molecule has 4 aromatic heterocycles. The molecule has 206 valence electrons. The van der Waals surface area contributed by atoms with E-state index in [1.807, 2.05) is 44.2 Å². The summed E-state index contributed by atoms with van der Waals surface area (Å²) >= 11 is 0. The van der Waals surface area contributed by atoms with Crippen molar-refractivity contribution in [3.63, 3.8) is 0 Å². The molecular weight excluding hydrogens is 516 g/mol. The van der Waals surface area contributed by atoms with E-state index in [1.54, 1.807) is 34.1 Å². The highest BCUT2D eigenvalue weighted by Crippen LogP contribution is 2.32. The third kappa shape index (κ3) is 5.94. The van der Waals surface area contributed by atoms with Crippen molar-refractivity contribution in [1.29, 1.82) is 0 Å². The summed E-state index contributed by atoms with van der Waals surface area (Å²) in [5, 5.41) is 9.45. The molecule has 11 heteroatoms. The Labute approximate surface area is 228 Å². The Morgan fingerprint density at radius 3 is 2.46 bits per heavy atom. The maximum atomic E-state index is 12.8. The summed E-state index contributed by atoms with van der Waals surface area (Å²) in [7, 11) is -3.70. The number of amides is 1. The number of fused-ring (bicyclic) bond motifs is 1. The fraction of sp³-hybridized carbons (Fsp3) is 0.357. The lowest BCUT2D eigenvalue weighted by Crippen LogP contribution is -2.42. The predicted octanol–water partition coefficient (Wildman–Crippen LogP) is 3.39. The van der Waals surface area contributed by atoms with E-state index in [2.05, 4.69) is 9.97 Å². The van der Waals surface area contributed by atoms with Crippen molar-refractivity contribution in [3.8, 4) is 22.4 Å². The first kappa shape index (κ1) is 28.2. The largest absolute Gasteiger partial charge is 0.387 e. The van der Waals surface area contributed by atoms with Gasteiger partial charge < -0.3 is 15.7 Å². The van der Waals surface area contributed by atoms with Crippen LogP contribution in [-0.4, -0.2) is 69.1 Å². The van der Waals surface area contributed by atoms with Gasteiger partial charge in [0.25, 0.3) is 0 Å². The lowest BCUT2D eigenvalue weighted by atomic mass is 10.0. The minimum absolute atomic E-state index is 0.00584. The highest BCUT2D eigenvalue weighted by molar-refractivity contribution is 7.91. The Kier molecular flexibility index (Phi) is 8.61. The summed E-state index contributed by atoms with van der Waals surface area (Å²) in [6.07, 6.45) is 10.2. The summed E-state index contributed by atoms with van der Waals surface area (Å²) in [6, 6.07) is 9.29. The van der Waals surface area contributed by atoms with Crippen LogP contribution in [0.4, 0.5) is 5.82 Å². The van der Waals surface area contributed by atoms with Crippen LogP contribution in [0.1, 0.15) is 38.8 Å². The molecule has 0 saturated heterocycles. The normalized spacial score (nSPS) is 12.5. The zero-order valence-electron chi connectivity index (χ0n) is 22.4. The van der Waals surface area contributed by atoms with Crippen LogP contribution in [0.5, 0.6) is 0 Å². The SMILES string of the molecule is CCCN(C(=O)CO)[C@H](CC)CCc1nc2c(-c3ccc(-c4ccncc4)nc3)ccn2c(N)c1S(C)(=O)=O. The monoisotopic (exact) mass is 550 g/mol. The number of aromatic nitrogens is 4. The zero-order chi connectivity index (χ0) is 28.2. The topological polar surface area (TPSA) is 144 Å². The van der Waals surface area contributed by atoms with E-state index in [1.165, 1.54) is 0 Å². The molecule has 3 N–H and O–H groups in total. The number of carbonyl (C=O) groups is 1. The predicted molar refractivity (Wildman–Crippen MR) is 151 cm³/mol. The van der Waals surface area contributed by atoms with Crippen LogP contribution in [0.25, 0.3) is 28.0 Å². The van der Waals surface area contributed by atoms with Crippen LogP contribution < -0.4 is 5.73 Å². The summed E-state index contributed by atoms with van der Waals surface area (Å²) in [6.45, 7) is 3.88. The van der Waals surface area contributed by atoms with Crippen molar-refractivity contribution in [2.75, 3.05) is 25.1 Å². The number of nitrogens with zero attached hydrogens (tertiary/aromatic N) is 5. The van der Waals surface area contributed by atoms with E-state index in [9.17, 15) is 18.3 Å². The first-order valence-electron chi connectivity index (χ1n) is 13.0. The van der Waals surface area contributed by atoms with Gasteiger partial charge in [-0.05, 0) is 49.9 Å². The highest BCUT2D eigenvalue weighted by Gasteiger charge is 2.26. The van der Waals surface area contributed by atoms with E-state index in [0.717, 1.165) is 35.1 Å². The zero-order valence-corrected chi connectivity index (χ0v) is 23.2. The van der Waals surface area contributed by atoms with Gasteiger partial charge in [0.05, 0.1) is 11.4 Å². The average Bonchev–Trinajstić information content (AvgIpc) is 3.36. The highest BCUT2D eigenvalue weighted by atomic mass is 32.2. The number of nitrogens with two attached hydrogens (primary N) is 1. The molecule has 1 atom stereocenters.